The van der Waals surface area contributed by atoms with Gasteiger partial charge in [-0.15, -0.1) is 0 Å². The topological polar surface area (TPSA) is 125 Å². The van der Waals surface area contributed by atoms with Crippen LogP contribution in [0.3, 0.4) is 0 Å². The zero-order valence-corrected chi connectivity index (χ0v) is 19.7. The SMILES string of the molecule is CCCCCCOc1ccc(NC(=O)c2cnc(OC(=O)NCC(=O)OCC)c(OC)c2)cc1. The van der Waals surface area contributed by atoms with Gasteiger partial charge in [0.05, 0.1) is 25.9 Å². The summed E-state index contributed by atoms with van der Waals surface area (Å²) in [4.78, 5) is 39.8. The second-order valence-electron chi connectivity index (χ2n) is 7.17. The van der Waals surface area contributed by atoms with E-state index in [0.29, 0.717) is 12.3 Å². The molecule has 2 aromatic rings. The molecule has 0 aliphatic carbocycles. The number of carbonyl (C=O) groups excluding carboxylic acids is 3. The molecule has 0 radical (unpaired) electrons. The van der Waals surface area contributed by atoms with Crippen LogP contribution in [-0.2, 0) is 9.53 Å². The first-order valence-electron chi connectivity index (χ1n) is 11.2. The van der Waals surface area contributed by atoms with Crippen molar-refractivity contribution >= 4 is 23.7 Å². The second-order valence-corrected chi connectivity index (χ2v) is 7.17. The molecule has 0 unspecified atom stereocenters. The van der Waals surface area contributed by atoms with Gasteiger partial charge in [-0.25, -0.2) is 9.78 Å². The maximum absolute atomic E-state index is 12.6. The monoisotopic (exact) mass is 473 g/mol. The Kier molecular flexibility index (Phi) is 11.2. The van der Waals surface area contributed by atoms with E-state index in [-0.39, 0.29) is 30.3 Å². The number of amides is 2. The lowest BCUT2D eigenvalue weighted by Gasteiger charge is -2.11. The van der Waals surface area contributed by atoms with Gasteiger partial charge < -0.3 is 29.6 Å². The summed E-state index contributed by atoms with van der Waals surface area (Å²) in [6.07, 6.45) is 4.86. The first-order chi connectivity index (χ1) is 16.5. The summed E-state index contributed by atoms with van der Waals surface area (Å²) in [5, 5.41) is 5.01. The molecule has 0 fully saturated rings. The number of pyridine rings is 1. The fourth-order valence-corrected chi connectivity index (χ4v) is 2.82. The Hall–Kier alpha value is -3.82. The quantitative estimate of drug-likeness (QED) is 0.331. The molecule has 10 nitrogen and oxygen atoms in total. The van der Waals surface area contributed by atoms with Crippen molar-refractivity contribution in [2.75, 3.05) is 32.2 Å². The van der Waals surface area contributed by atoms with E-state index in [1.165, 1.54) is 32.2 Å². The highest BCUT2D eigenvalue weighted by Gasteiger charge is 2.16. The summed E-state index contributed by atoms with van der Waals surface area (Å²) in [5.41, 5.74) is 0.786. The average molecular weight is 474 g/mol. The lowest BCUT2D eigenvalue weighted by Crippen LogP contribution is -2.33. The first-order valence-corrected chi connectivity index (χ1v) is 11.2. The Bertz CT molecular complexity index is 948. The standard InChI is InChI=1S/C24H31N3O7/c1-4-6-7-8-13-33-19-11-9-18(10-12-19)27-22(29)17-14-20(31-3)23(25-15-17)34-24(30)26-16-21(28)32-5-2/h9-12,14-15H,4-8,13,16H2,1-3H3,(H,26,30)(H,27,29). The number of anilines is 1. The number of nitrogens with zero attached hydrogens (tertiary/aromatic N) is 1. The average Bonchev–Trinajstić information content (AvgIpc) is 2.84. The van der Waals surface area contributed by atoms with E-state index in [4.69, 9.17) is 18.9 Å². The summed E-state index contributed by atoms with van der Waals surface area (Å²) < 4.78 is 20.6. The van der Waals surface area contributed by atoms with Gasteiger partial charge in [0.2, 0.25) is 0 Å². The van der Waals surface area contributed by atoms with Crippen LogP contribution in [0.4, 0.5) is 10.5 Å². The summed E-state index contributed by atoms with van der Waals surface area (Å²) in [7, 11) is 1.35. The molecule has 0 saturated carbocycles. The van der Waals surface area contributed by atoms with Gasteiger partial charge in [0, 0.05) is 18.0 Å². The van der Waals surface area contributed by atoms with Crippen LogP contribution >= 0.6 is 0 Å². The van der Waals surface area contributed by atoms with Crippen LogP contribution in [0.5, 0.6) is 17.4 Å². The Morgan fingerprint density at radius 3 is 2.47 bits per heavy atom. The minimum atomic E-state index is -0.913. The van der Waals surface area contributed by atoms with Gasteiger partial charge in [-0.2, -0.15) is 0 Å². The van der Waals surface area contributed by atoms with E-state index in [9.17, 15) is 14.4 Å². The minimum absolute atomic E-state index is 0.0748. The third-order valence-corrected chi connectivity index (χ3v) is 4.55. The molecule has 1 aromatic carbocycles. The summed E-state index contributed by atoms with van der Waals surface area (Å²) in [6.45, 7) is 4.33. The van der Waals surface area contributed by atoms with Gasteiger partial charge in [-0.1, -0.05) is 26.2 Å². The molecule has 0 saturated heterocycles. The van der Waals surface area contributed by atoms with Crippen molar-refractivity contribution in [2.45, 2.75) is 39.5 Å². The molecule has 2 N–H and O–H groups in total. The van der Waals surface area contributed by atoms with Gasteiger partial charge >= 0.3 is 12.1 Å². The van der Waals surface area contributed by atoms with Gasteiger partial charge in [-0.3, -0.25) is 9.59 Å². The molecule has 1 heterocycles. The predicted molar refractivity (Wildman–Crippen MR) is 125 cm³/mol. The fraction of sp³-hybridized carbons (Fsp3) is 0.417. The molecule has 0 bridgehead atoms. The van der Waals surface area contributed by atoms with E-state index in [2.05, 4.69) is 22.5 Å². The summed E-state index contributed by atoms with van der Waals surface area (Å²) >= 11 is 0. The molecule has 0 aliphatic rings. The van der Waals surface area contributed by atoms with E-state index < -0.39 is 18.0 Å². The van der Waals surface area contributed by atoms with E-state index >= 15 is 0 Å². The minimum Gasteiger partial charge on any atom is -0.494 e. The fourth-order valence-electron chi connectivity index (χ4n) is 2.82. The Morgan fingerprint density at radius 2 is 1.79 bits per heavy atom. The maximum Gasteiger partial charge on any atom is 0.414 e. The number of hydrogen-bond donors (Lipinski definition) is 2. The number of methoxy groups -OCH3 is 1. The zero-order chi connectivity index (χ0) is 24.8. The lowest BCUT2D eigenvalue weighted by molar-refractivity contribution is -0.141. The third-order valence-electron chi connectivity index (χ3n) is 4.55. The van der Waals surface area contributed by atoms with E-state index in [1.54, 1.807) is 31.2 Å². The van der Waals surface area contributed by atoms with Crippen molar-refractivity contribution in [3.05, 3.63) is 42.1 Å². The number of unbranched alkanes of at least 4 members (excludes halogenated alkanes) is 3. The van der Waals surface area contributed by atoms with Gasteiger partial charge in [0.15, 0.2) is 5.75 Å². The van der Waals surface area contributed by atoms with Gasteiger partial charge in [0.1, 0.15) is 12.3 Å². The molecule has 1 aromatic heterocycles. The maximum atomic E-state index is 12.6. The number of nitrogens with one attached hydrogen (secondary N) is 2. The molecule has 184 valence electrons. The molecule has 0 spiro atoms. The molecule has 10 heteroatoms. The van der Waals surface area contributed by atoms with E-state index in [0.717, 1.165) is 18.6 Å². The van der Waals surface area contributed by atoms with Crippen molar-refractivity contribution in [1.29, 1.82) is 0 Å². The molecule has 0 atom stereocenters. The molecular formula is C24H31N3O7. The van der Waals surface area contributed by atoms with Crippen LogP contribution < -0.4 is 24.8 Å². The first kappa shape index (κ1) is 26.4. The highest BCUT2D eigenvalue weighted by atomic mass is 16.6. The number of carbonyl (C=O) groups is 3. The number of esters is 1. The molecule has 2 rings (SSSR count). The van der Waals surface area contributed by atoms with Crippen LogP contribution in [0.2, 0.25) is 0 Å². The normalized spacial score (nSPS) is 10.2. The van der Waals surface area contributed by atoms with Crippen LogP contribution in [0.15, 0.2) is 36.5 Å². The number of benzene rings is 1. The number of hydrogen-bond acceptors (Lipinski definition) is 8. The van der Waals surface area contributed by atoms with Crippen molar-refractivity contribution < 1.29 is 33.3 Å². The highest BCUT2D eigenvalue weighted by molar-refractivity contribution is 6.04. The second kappa shape index (κ2) is 14.4. The van der Waals surface area contributed by atoms with Crippen molar-refractivity contribution in [3.8, 4) is 17.4 Å². The number of aromatic nitrogens is 1. The Morgan fingerprint density at radius 1 is 1.03 bits per heavy atom. The van der Waals surface area contributed by atoms with Crippen LogP contribution in [-0.4, -0.2) is 49.8 Å². The smallest absolute Gasteiger partial charge is 0.414 e. The largest absolute Gasteiger partial charge is 0.494 e. The van der Waals surface area contributed by atoms with Crippen molar-refractivity contribution in [3.63, 3.8) is 0 Å². The van der Waals surface area contributed by atoms with Gasteiger partial charge in [0.25, 0.3) is 11.8 Å². The molecule has 34 heavy (non-hydrogen) atoms. The molecule has 0 aliphatic heterocycles. The predicted octanol–water partition coefficient (Wildman–Crippen LogP) is 3.95. The van der Waals surface area contributed by atoms with Crippen LogP contribution in [0.25, 0.3) is 0 Å². The van der Waals surface area contributed by atoms with Crippen LogP contribution in [0, 0.1) is 0 Å². The number of rotatable bonds is 13. The molecule has 2 amide bonds. The van der Waals surface area contributed by atoms with Crippen molar-refractivity contribution in [1.82, 2.24) is 10.3 Å². The Balaban J connectivity index is 1.91. The summed E-state index contributed by atoms with van der Waals surface area (Å²) in [5.74, 6) is -0.359. The van der Waals surface area contributed by atoms with Gasteiger partial charge in [-0.05, 0) is 37.6 Å². The number of ether oxygens (including phenoxy) is 4. The van der Waals surface area contributed by atoms with Crippen molar-refractivity contribution in [2.24, 2.45) is 0 Å². The zero-order valence-electron chi connectivity index (χ0n) is 19.7. The van der Waals surface area contributed by atoms with E-state index in [1.807, 2.05) is 0 Å². The molecular weight excluding hydrogens is 442 g/mol. The third kappa shape index (κ3) is 8.97. The van der Waals surface area contributed by atoms with Crippen LogP contribution in [0.1, 0.15) is 49.9 Å². The Labute approximate surface area is 198 Å². The summed E-state index contributed by atoms with van der Waals surface area (Å²) in [6, 6.07) is 8.47. The highest BCUT2D eigenvalue weighted by Crippen LogP contribution is 2.26. The lowest BCUT2D eigenvalue weighted by atomic mass is 10.2.